The highest BCUT2D eigenvalue weighted by molar-refractivity contribution is 5.78. The topological polar surface area (TPSA) is 81.7 Å². The molecule has 1 aliphatic carbocycles. The molecule has 0 bridgehead atoms. The van der Waals surface area contributed by atoms with Crippen molar-refractivity contribution < 1.29 is 14.7 Å². The molecule has 3 N–H and O–H groups in total. The van der Waals surface area contributed by atoms with E-state index in [4.69, 9.17) is 0 Å². The van der Waals surface area contributed by atoms with Crippen LogP contribution >= 0.6 is 0 Å². The Morgan fingerprint density at radius 1 is 1.20 bits per heavy atom. The second kappa shape index (κ2) is 7.59. The summed E-state index contributed by atoms with van der Waals surface area (Å²) >= 11 is 0. The standard InChI is InChI=1S/C14H25N3O3/c18-13(10-17-7-5-15-6-8-17)16-9-11-3-1-2-4-12(11)14(19)20/h11-12,15H,1-10H2,(H,16,18)(H,19,20). The Hall–Kier alpha value is -1.14. The molecule has 1 aliphatic heterocycles. The molecule has 0 aromatic rings. The van der Waals surface area contributed by atoms with Crippen LogP contribution in [-0.4, -0.2) is 61.2 Å². The van der Waals surface area contributed by atoms with Crippen LogP contribution in [0.5, 0.6) is 0 Å². The maximum atomic E-state index is 11.9. The van der Waals surface area contributed by atoms with Crippen molar-refractivity contribution >= 4 is 11.9 Å². The first kappa shape index (κ1) is 15.3. The molecule has 6 nitrogen and oxygen atoms in total. The molecule has 114 valence electrons. The van der Waals surface area contributed by atoms with Crippen LogP contribution in [0.15, 0.2) is 0 Å². The maximum absolute atomic E-state index is 11.9. The Kier molecular flexibility index (Phi) is 5.79. The number of carbonyl (C=O) groups excluding carboxylic acids is 1. The lowest BCUT2D eigenvalue weighted by Crippen LogP contribution is -2.48. The van der Waals surface area contributed by atoms with Crippen LogP contribution in [0.2, 0.25) is 0 Å². The number of hydrogen-bond acceptors (Lipinski definition) is 4. The SMILES string of the molecule is O=C(CN1CCNCC1)NCC1CCCCC1C(=O)O. The van der Waals surface area contributed by atoms with Gasteiger partial charge in [-0.25, -0.2) is 0 Å². The highest BCUT2D eigenvalue weighted by Crippen LogP contribution is 2.29. The number of amides is 1. The summed E-state index contributed by atoms with van der Waals surface area (Å²) in [7, 11) is 0. The van der Waals surface area contributed by atoms with Gasteiger partial charge in [0.25, 0.3) is 0 Å². The summed E-state index contributed by atoms with van der Waals surface area (Å²) in [5, 5.41) is 15.4. The quantitative estimate of drug-likeness (QED) is 0.656. The van der Waals surface area contributed by atoms with Crippen molar-refractivity contribution in [3.8, 4) is 0 Å². The van der Waals surface area contributed by atoms with Crippen molar-refractivity contribution in [3.63, 3.8) is 0 Å². The summed E-state index contributed by atoms with van der Waals surface area (Å²) in [4.78, 5) is 25.2. The van der Waals surface area contributed by atoms with Crippen molar-refractivity contribution in [1.29, 1.82) is 0 Å². The number of carboxylic acid groups (broad SMARTS) is 1. The van der Waals surface area contributed by atoms with Gasteiger partial charge in [0.1, 0.15) is 0 Å². The molecular formula is C14H25N3O3. The highest BCUT2D eigenvalue weighted by atomic mass is 16.4. The fraction of sp³-hybridized carbons (Fsp3) is 0.857. The largest absolute Gasteiger partial charge is 0.481 e. The first-order chi connectivity index (χ1) is 9.66. The zero-order valence-corrected chi connectivity index (χ0v) is 11.9. The molecule has 0 aromatic heterocycles. The van der Waals surface area contributed by atoms with Gasteiger partial charge in [-0.3, -0.25) is 14.5 Å². The summed E-state index contributed by atoms with van der Waals surface area (Å²) in [5.74, 6) is -0.899. The molecule has 2 rings (SSSR count). The lowest BCUT2D eigenvalue weighted by atomic mass is 9.79. The third kappa shape index (κ3) is 4.45. The second-order valence-electron chi connectivity index (χ2n) is 5.82. The van der Waals surface area contributed by atoms with Gasteiger partial charge < -0.3 is 15.7 Å². The van der Waals surface area contributed by atoms with Crippen molar-refractivity contribution in [1.82, 2.24) is 15.5 Å². The Morgan fingerprint density at radius 3 is 2.60 bits per heavy atom. The van der Waals surface area contributed by atoms with Gasteiger partial charge in [0.15, 0.2) is 0 Å². The van der Waals surface area contributed by atoms with Crippen LogP contribution in [-0.2, 0) is 9.59 Å². The Bertz CT molecular complexity index is 343. The number of nitrogens with zero attached hydrogens (tertiary/aromatic N) is 1. The number of carbonyl (C=O) groups is 2. The second-order valence-corrected chi connectivity index (χ2v) is 5.82. The van der Waals surface area contributed by atoms with E-state index in [0.717, 1.165) is 51.9 Å². The number of nitrogens with one attached hydrogen (secondary N) is 2. The van der Waals surface area contributed by atoms with E-state index in [0.29, 0.717) is 13.1 Å². The first-order valence-corrected chi connectivity index (χ1v) is 7.59. The lowest BCUT2D eigenvalue weighted by molar-refractivity contribution is -0.145. The molecule has 2 fully saturated rings. The minimum atomic E-state index is -0.717. The normalized spacial score (nSPS) is 28.0. The van der Waals surface area contributed by atoms with Gasteiger partial charge >= 0.3 is 5.97 Å². The monoisotopic (exact) mass is 283 g/mol. The summed E-state index contributed by atoms with van der Waals surface area (Å²) in [5.41, 5.74) is 0. The molecule has 1 saturated carbocycles. The molecule has 20 heavy (non-hydrogen) atoms. The molecule has 2 atom stereocenters. The Morgan fingerprint density at radius 2 is 1.90 bits per heavy atom. The van der Waals surface area contributed by atoms with Crippen LogP contribution < -0.4 is 10.6 Å². The number of piperazine rings is 1. The van der Waals surface area contributed by atoms with E-state index in [1.807, 2.05) is 0 Å². The number of rotatable bonds is 5. The minimum Gasteiger partial charge on any atom is -0.481 e. The zero-order valence-electron chi connectivity index (χ0n) is 11.9. The van der Waals surface area contributed by atoms with Crippen LogP contribution in [0, 0.1) is 11.8 Å². The fourth-order valence-electron chi connectivity index (χ4n) is 3.15. The van der Waals surface area contributed by atoms with Crippen LogP contribution in [0.3, 0.4) is 0 Å². The predicted octanol–water partition coefficient (Wildman–Crippen LogP) is -0.101. The summed E-state index contributed by atoms with van der Waals surface area (Å²) in [6.07, 6.45) is 3.71. The van der Waals surface area contributed by atoms with E-state index >= 15 is 0 Å². The number of hydrogen-bond donors (Lipinski definition) is 3. The van der Waals surface area contributed by atoms with E-state index in [1.54, 1.807) is 0 Å². The number of carboxylic acids is 1. The average molecular weight is 283 g/mol. The van der Waals surface area contributed by atoms with Crippen LogP contribution in [0.25, 0.3) is 0 Å². The van der Waals surface area contributed by atoms with E-state index in [-0.39, 0.29) is 17.7 Å². The Labute approximate surface area is 119 Å². The van der Waals surface area contributed by atoms with Gasteiger partial charge in [-0.15, -0.1) is 0 Å². The highest BCUT2D eigenvalue weighted by Gasteiger charge is 2.30. The van der Waals surface area contributed by atoms with Crippen LogP contribution in [0.1, 0.15) is 25.7 Å². The van der Waals surface area contributed by atoms with Gasteiger partial charge in [-0.05, 0) is 18.8 Å². The molecule has 1 amide bonds. The molecular weight excluding hydrogens is 258 g/mol. The first-order valence-electron chi connectivity index (χ1n) is 7.59. The van der Waals surface area contributed by atoms with Gasteiger partial charge in [0.2, 0.25) is 5.91 Å². The van der Waals surface area contributed by atoms with Crippen molar-refractivity contribution in [2.75, 3.05) is 39.3 Å². The van der Waals surface area contributed by atoms with Crippen molar-refractivity contribution in [2.45, 2.75) is 25.7 Å². The van der Waals surface area contributed by atoms with Gasteiger partial charge in [-0.2, -0.15) is 0 Å². The molecule has 6 heteroatoms. The summed E-state index contributed by atoms with van der Waals surface area (Å²) in [6, 6.07) is 0. The number of aliphatic carboxylic acids is 1. The third-order valence-corrected chi connectivity index (χ3v) is 4.36. The lowest BCUT2D eigenvalue weighted by Gasteiger charge is -2.30. The Balaban J connectivity index is 1.72. The summed E-state index contributed by atoms with van der Waals surface area (Å²) < 4.78 is 0. The van der Waals surface area contributed by atoms with E-state index in [9.17, 15) is 14.7 Å². The fourth-order valence-corrected chi connectivity index (χ4v) is 3.15. The van der Waals surface area contributed by atoms with Crippen molar-refractivity contribution in [3.05, 3.63) is 0 Å². The third-order valence-electron chi connectivity index (χ3n) is 4.36. The average Bonchev–Trinajstić information content (AvgIpc) is 2.46. The predicted molar refractivity (Wildman–Crippen MR) is 75.4 cm³/mol. The minimum absolute atomic E-state index is 0.0154. The molecule has 1 heterocycles. The smallest absolute Gasteiger partial charge is 0.306 e. The zero-order chi connectivity index (χ0) is 14.4. The molecule has 0 spiro atoms. The van der Waals surface area contributed by atoms with Gasteiger partial charge in [-0.1, -0.05) is 12.8 Å². The van der Waals surface area contributed by atoms with E-state index in [2.05, 4.69) is 15.5 Å². The van der Waals surface area contributed by atoms with Crippen molar-refractivity contribution in [2.24, 2.45) is 11.8 Å². The maximum Gasteiger partial charge on any atom is 0.306 e. The molecule has 2 aliphatic rings. The van der Waals surface area contributed by atoms with E-state index < -0.39 is 5.97 Å². The summed E-state index contributed by atoms with van der Waals surface area (Å²) in [6.45, 7) is 4.57. The molecule has 0 aromatic carbocycles. The molecule has 0 radical (unpaired) electrons. The molecule has 2 unspecified atom stereocenters. The van der Waals surface area contributed by atoms with Gasteiger partial charge in [0, 0.05) is 32.7 Å². The van der Waals surface area contributed by atoms with Crippen LogP contribution in [0.4, 0.5) is 0 Å². The van der Waals surface area contributed by atoms with E-state index in [1.165, 1.54) is 0 Å². The van der Waals surface area contributed by atoms with Gasteiger partial charge in [0.05, 0.1) is 12.5 Å². The molecule has 1 saturated heterocycles.